The Hall–Kier alpha value is -1.62. The lowest BCUT2D eigenvalue weighted by atomic mass is 10.1. The molecule has 0 atom stereocenters. The van der Waals surface area contributed by atoms with Gasteiger partial charge in [0.2, 0.25) is 0 Å². The third kappa shape index (κ3) is 3.73. The molecule has 0 aliphatic rings. The zero-order chi connectivity index (χ0) is 15.4. The molecule has 0 aliphatic carbocycles. The number of hydrogen-bond donors (Lipinski definition) is 1. The van der Waals surface area contributed by atoms with Crippen LogP contribution in [0.15, 0.2) is 35.1 Å². The topological polar surface area (TPSA) is 46.9 Å². The summed E-state index contributed by atoms with van der Waals surface area (Å²) in [4.78, 5) is 16.7. The molecule has 0 fully saturated rings. The summed E-state index contributed by atoms with van der Waals surface area (Å²) >= 11 is 3.43. The maximum Gasteiger partial charge on any atom is 0.268 e. The monoisotopic (exact) mass is 349 g/mol. The number of nitrogens with one attached hydrogen (secondary N) is 1. The van der Waals surface area contributed by atoms with Gasteiger partial charge in [0.05, 0.1) is 12.2 Å². The van der Waals surface area contributed by atoms with Crippen molar-refractivity contribution in [1.29, 1.82) is 0 Å². The minimum absolute atomic E-state index is 0.0814. The Morgan fingerprint density at radius 1 is 1.48 bits per heavy atom. The molecule has 1 N–H and O–H groups in total. The lowest BCUT2D eigenvalue weighted by Crippen LogP contribution is -2.26. The van der Waals surface area contributed by atoms with E-state index in [-0.39, 0.29) is 11.9 Å². The van der Waals surface area contributed by atoms with Crippen LogP contribution in [0.1, 0.15) is 48.6 Å². The number of rotatable bonds is 5. The van der Waals surface area contributed by atoms with E-state index in [1.165, 1.54) is 5.56 Å². The molecule has 2 rings (SSSR count). The summed E-state index contributed by atoms with van der Waals surface area (Å²) in [5.74, 6) is -0.0814. The van der Waals surface area contributed by atoms with Gasteiger partial charge in [-0.25, -0.2) is 0 Å². The molecule has 112 valence electrons. The maximum atomic E-state index is 12.4. The molecule has 0 aromatic carbocycles. The van der Waals surface area contributed by atoms with Crippen LogP contribution >= 0.6 is 15.9 Å². The molecule has 0 aliphatic heterocycles. The first-order valence-electron chi connectivity index (χ1n) is 7.11. The number of halogens is 1. The van der Waals surface area contributed by atoms with Crippen LogP contribution in [-0.2, 0) is 13.0 Å². The van der Waals surface area contributed by atoms with Crippen LogP contribution in [0.4, 0.5) is 0 Å². The van der Waals surface area contributed by atoms with Crippen LogP contribution in [-0.4, -0.2) is 15.5 Å². The first-order chi connectivity index (χ1) is 10.0. The van der Waals surface area contributed by atoms with E-state index in [1.807, 2.05) is 29.0 Å². The molecule has 1 amide bonds. The predicted octanol–water partition coefficient (Wildman–Crippen LogP) is 3.72. The third-order valence-corrected chi connectivity index (χ3v) is 3.82. The fraction of sp³-hybridized carbons (Fsp3) is 0.375. The molecule has 5 heteroatoms. The molecular weight excluding hydrogens is 330 g/mol. The van der Waals surface area contributed by atoms with Crippen LogP contribution in [0.2, 0.25) is 0 Å². The Labute approximate surface area is 133 Å². The molecule has 0 radical (unpaired) electrons. The van der Waals surface area contributed by atoms with Gasteiger partial charge in [-0.15, -0.1) is 0 Å². The van der Waals surface area contributed by atoms with Crippen LogP contribution in [0.5, 0.6) is 0 Å². The van der Waals surface area contributed by atoms with Crippen molar-refractivity contribution in [2.75, 3.05) is 0 Å². The normalized spacial score (nSPS) is 10.9. The lowest BCUT2D eigenvalue weighted by Gasteiger charge is -2.13. The summed E-state index contributed by atoms with van der Waals surface area (Å²) in [5.41, 5.74) is 2.75. The van der Waals surface area contributed by atoms with Crippen molar-refractivity contribution in [1.82, 2.24) is 14.9 Å². The number of pyridine rings is 1. The first kappa shape index (κ1) is 15.8. The highest BCUT2D eigenvalue weighted by atomic mass is 79.9. The summed E-state index contributed by atoms with van der Waals surface area (Å²) < 4.78 is 2.87. The highest BCUT2D eigenvalue weighted by molar-refractivity contribution is 9.10. The zero-order valence-corrected chi connectivity index (χ0v) is 14.1. The van der Waals surface area contributed by atoms with Gasteiger partial charge in [-0.05, 0) is 53.9 Å². The summed E-state index contributed by atoms with van der Waals surface area (Å²) in [6, 6.07) is 6.04. The van der Waals surface area contributed by atoms with Crippen molar-refractivity contribution in [3.05, 3.63) is 52.0 Å². The quantitative estimate of drug-likeness (QED) is 0.893. The number of aromatic nitrogens is 2. The molecule has 2 aromatic heterocycles. The SMILES string of the molecule is CCc1cccnc1CNC(=O)c1cc(Br)cn1C(C)C. The van der Waals surface area contributed by atoms with Gasteiger partial charge in [-0.3, -0.25) is 9.78 Å². The van der Waals surface area contributed by atoms with Crippen molar-refractivity contribution >= 4 is 21.8 Å². The third-order valence-electron chi connectivity index (χ3n) is 3.39. The molecule has 4 nitrogen and oxygen atoms in total. The van der Waals surface area contributed by atoms with Gasteiger partial charge in [0, 0.05) is 22.9 Å². The molecule has 0 bridgehead atoms. The molecule has 0 saturated carbocycles. The summed E-state index contributed by atoms with van der Waals surface area (Å²) in [6.07, 6.45) is 4.60. The minimum Gasteiger partial charge on any atom is -0.345 e. The van der Waals surface area contributed by atoms with E-state index in [4.69, 9.17) is 0 Å². The average molecular weight is 350 g/mol. The van der Waals surface area contributed by atoms with Gasteiger partial charge in [0.25, 0.3) is 5.91 Å². The number of hydrogen-bond acceptors (Lipinski definition) is 2. The second-order valence-corrected chi connectivity index (χ2v) is 6.11. The first-order valence-corrected chi connectivity index (χ1v) is 7.90. The van der Waals surface area contributed by atoms with Crippen LogP contribution in [0, 0.1) is 0 Å². The van der Waals surface area contributed by atoms with E-state index in [0.717, 1.165) is 16.6 Å². The Morgan fingerprint density at radius 3 is 2.90 bits per heavy atom. The van der Waals surface area contributed by atoms with E-state index in [0.29, 0.717) is 12.2 Å². The van der Waals surface area contributed by atoms with Crippen molar-refractivity contribution in [3.8, 4) is 0 Å². The van der Waals surface area contributed by atoms with E-state index >= 15 is 0 Å². The van der Waals surface area contributed by atoms with Crippen molar-refractivity contribution in [3.63, 3.8) is 0 Å². The van der Waals surface area contributed by atoms with Crippen LogP contribution in [0.25, 0.3) is 0 Å². The summed E-state index contributed by atoms with van der Waals surface area (Å²) in [6.45, 7) is 6.64. The Morgan fingerprint density at radius 2 is 2.24 bits per heavy atom. The smallest absolute Gasteiger partial charge is 0.268 e. The number of carbonyl (C=O) groups is 1. The second kappa shape index (κ2) is 6.89. The fourth-order valence-corrected chi connectivity index (χ4v) is 2.70. The molecule has 2 aromatic rings. The lowest BCUT2D eigenvalue weighted by molar-refractivity contribution is 0.0939. The van der Waals surface area contributed by atoms with E-state index in [9.17, 15) is 4.79 Å². The van der Waals surface area contributed by atoms with Crippen LogP contribution in [0.3, 0.4) is 0 Å². The number of amides is 1. The summed E-state index contributed by atoms with van der Waals surface area (Å²) in [5, 5.41) is 2.96. The number of nitrogens with zero attached hydrogens (tertiary/aromatic N) is 2. The minimum atomic E-state index is -0.0814. The Kier molecular flexibility index (Phi) is 5.17. The number of carbonyl (C=O) groups excluding carboxylic acids is 1. The standard InChI is InChI=1S/C16H20BrN3O/c1-4-12-6-5-7-18-14(12)9-19-16(21)15-8-13(17)10-20(15)11(2)3/h5-8,10-11H,4,9H2,1-3H3,(H,19,21). The van der Waals surface area contributed by atoms with E-state index in [2.05, 4.69) is 47.0 Å². The van der Waals surface area contributed by atoms with Gasteiger partial charge in [-0.2, -0.15) is 0 Å². The highest BCUT2D eigenvalue weighted by Gasteiger charge is 2.15. The molecule has 21 heavy (non-hydrogen) atoms. The molecule has 2 heterocycles. The van der Waals surface area contributed by atoms with Gasteiger partial charge in [0.1, 0.15) is 5.69 Å². The van der Waals surface area contributed by atoms with Gasteiger partial charge < -0.3 is 9.88 Å². The Balaban J connectivity index is 2.12. The Bertz CT molecular complexity index is 634. The van der Waals surface area contributed by atoms with E-state index < -0.39 is 0 Å². The van der Waals surface area contributed by atoms with E-state index in [1.54, 1.807) is 6.20 Å². The summed E-state index contributed by atoms with van der Waals surface area (Å²) in [7, 11) is 0. The van der Waals surface area contributed by atoms with Crippen molar-refractivity contribution in [2.24, 2.45) is 0 Å². The average Bonchev–Trinajstić information content (AvgIpc) is 2.87. The molecular formula is C16H20BrN3O. The second-order valence-electron chi connectivity index (χ2n) is 5.19. The van der Waals surface area contributed by atoms with Gasteiger partial charge >= 0.3 is 0 Å². The van der Waals surface area contributed by atoms with Gasteiger partial charge in [-0.1, -0.05) is 13.0 Å². The van der Waals surface area contributed by atoms with Crippen molar-refractivity contribution in [2.45, 2.75) is 39.8 Å². The molecule has 0 unspecified atom stereocenters. The van der Waals surface area contributed by atoms with Gasteiger partial charge in [0.15, 0.2) is 0 Å². The number of aryl methyl sites for hydroxylation is 1. The zero-order valence-electron chi connectivity index (χ0n) is 12.6. The fourth-order valence-electron chi connectivity index (χ4n) is 2.26. The van der Waals surface area contributed by atoms with Crippen molar-refractivity contribution < 1.29 is 4.79 Å². The van der Waals surface area contributed by atoms with Crippen LogP contribution < -0.4 is 5.32 Å². The largest absolute Gasteiger partial charge is 0.345 e. The highest BCUT2D eigenvalue weighted by Crippen LogP contribution is 2.19. The molecule has 0 spiro atoms. The predicted molar refractivity (Wildman–Crippen MR) is 87.3 cm³/mol. The molecule has 0 saturated heterocycles. The maximum absolute atomic E-state index is 12.4.